The first-order valence-electron chi connectivity index (χ1n) is 5.45. The van der Waals surface area contributed by atoms with Gasteiger partial charge in [0.2, 0.25) is 0 Å². The molecule has 1 N–H and O–H groups in total. The summed E-state index contributed by atoms with van der Waals surface area (Å²) in [5, 5.41) is 3.35. The summed E-state index contributed by atoms with van der Waals surface area (Å²) in [6, 6.07) is 6.45. The molecule has 1 nitrogen and oxygen atoms in total. The van der Waals surface area contributed by atoms with E-state index in [1.54, 1.807) is 0 Å². The molecule has 0 spiro atoms. The van der Waals surface area contributed by atoms with E-state index < -0.39 is 0 Å². The SMILES string of the molecule is C#CC(NCCC)c1ccc(C)c(C)c1. The Kier molecular flexibility index (Phi) is 4.39. The second kappa shape index (κ2) is 5.58. The van der Waals surface area contributed by atoms with E-state index in [4.69, 9.17) is 6.42 Å². The van der Waals surface area contributed by atoms with E-state index in [2.05, 4.69) is 50.2 Å². The summed E-state index contributed by atoms with van der Waals surface area (Å²) in [5.41, 5.74) is 3.80. The summed E-state index contributed by atoms with van der Waals surface area (Å²) in [6.45, 7) is 7.33. The van der Waals surface area contributed by atoms with Gasteiger partial charge in [-0.1, -0.05) is 31.0 Å². The van der Waals surface area contributed by atoms with Gasteiger partial charge >= 0.3 is 0 Å². The van der Waals surface area contributed by atoms with Crippen LogP contribution in [0.3, 0.4) is 0 Å². The monoisotopic (exact) mass is 201 g/mol. The Morgan fingerprint density at radius 3 is 2.60 bits per heavy atom. The maximum Gasteiger partial charge on any atom is 0.0943 e. The molecule has 1 heteroatoms. The smallest absolute Gasteiger partial charge is 0.0943 e. The quantitative estimate of drug-likeness (QED) is 0.738. The highest BCUT2D eigenvalue weighted by atomic mass is 14.9. The molecule has 1 atom stereocenters. The summed E-state index contributed by atoms with van der Waals surface area (Å²) in [6.07, 6.45) is 6.62. The molecule has 0 radical (unpaired) electrons. The number of hydrogen-bond donors (Lipinski definition) is 1. The van der Waals surface area contributed by atoms with Crippen LogP contribution >= 0.6 is 0 Å². The van der Waals surface area contributed by atoms with Crippen LogP contribution in [-0.2, 0) is 0 Å². The fraction of sp³-hybridized carbons (Fsp3) is 0.429. The summed E-state index contributed by atoms with van der Waals surface area (Å²) < 4.78 is 0. The van der Waals surface area contributed by atoms with Crippen molar-refractivity contribution in [2.75, 3.05) is 6.54 Å². The molecule has 0 amide bonds. The first-order valence-corrected chi connectivity index (χ1v) is 5.45. The summed E-state index contributed by atoms with van der Waals surface area (Å²) in [7, 11) is 0. The number of hydrogen-bond acceptors (Lipinski definition) is 1. The zero-order chi connectivity index (χ0) is 11.3. The molecule has 0 bridgehead atoms. The highest BCUT2D eigenvalue weighted by molar-refractivity contribution is 5.34. The van der Waals surface area contributed by atoms with Crippen molar-refractivity contribution in [2.24, 2.45) is 0 Å². The molecule has 0 aliphatic heterocycles. The minimum absolute atomic E-state index is 0.0456. The number of benzene rings is 1. The molecular formula is C14H19N. The number of rotatable bonds is 4. The van der Waals surface area contributed by atoms with E-state index in [0.717, 1.165) is 13.0 Å². The van der Waals surface area contributed by atoms with Crippen LogP contribution in [0.15, 0.2) is 18.2 Å². The number of nitrogens with one attached hydrogen (secondary N) is 1. The summed E-state index contributed by atoms with van der Waals surface area (Å²) >= 11 is 0. The second-order valence-electron chi connectivity index (χ2n) is 3.90. The Morgan fingerprint density at radius 1 is 1.33 bits per heavy atom. The minimum Gasteiger partial charge on any atom is -0.300 e. The van der Waals surface area contributed by atoms with E-state index >= 15 is 0 Å². The Hall–Kier alpha value is -1.26. The number of aryl methyl sites for hydroxylation is 2. The van der Waals surface area contributed by atoms with Gasteiger partial charge in [0.15, 0.2) is 0 Å². The molecule has 0 aliphatic rings. The van der Waals surface area contributed by atoms with E-state index in [9.17, 15) is 0 Å². The summed E-state index contributed by atoms with van der Waals surface area (Å²) in [4.78, 5) is 0. The lowest BCUT2D eigenvalue weighted by Gasteiger charge is -2.14. The van der Waals surface area contributed by atoms with Crippen LogP contribution in [0, 0.1) is 26.2 Å². The van der Waals surface area contributed by atoms with Gasteiger partial charge in [-0.3, -0.25) is 0 Å². The lowest BCUT2D eigenvalue weighted by Crippen LogP contribution is -2.20. The molecule has 0 fully saturated rings. The molecule has 0 aliphatic carbocycles. The molecule has 15 heavy (non-hydrogen) atoms. The third-order valence-corrected chi connectivity index (χ3v) is 2.63. The fourth-order valence-corrected chi connectivity index (χ4v) is 1.51. The van der Waals surface area contributed by atoms with E-state index in [1.807, 2.05) is 0 Å². The molecule has 0 aromatic heterocycles. The van der Waals surface area contributed by atoms with Crippen molar-refractivity contribution >= 4 is 0 Å². The zero-order valence-electron chi connectivity index (χ0n) is 9.80. The second-order valence-corrected chi connectivity index (χ2v) is 3.90. The fourth-order valence-electron chi connectivity index (χ4n) is 1.51. The molecule has 1 rings (SSSR count). The average molecular weight is 201 g/mol. The van der Waals surface area contributed by atoms with Crippen molar-refractivity contribution in [1.29, 1.82) is 0 Å². The van der Waals surface area contributed by atoms with Crippen LogP contribution in [0.5, 0.6) is 0 Å². The van der Waals surface area contributed by atoms with E-state index in [0.29, 0.717) is 0 Å². The molecule has 1 unspecified atom stereocenters. The van der Waals surface area contributed by atoms with Gasteiger partial charge in [-0.2, -0.15) is 0 Å². The van der Waals surface area contributed by atoms with Gasteiger partial charge in [0.1, 0.15) is 0 Å². The predicted molar refractivity (Wildman–Crippen MR) is 65.8 cm³/mol. The lowest BCUT2D eigenvalue weighted by atomic mass is 10.0. The van der Waals surface area contributed by atoms with Crippen molar-refractivity contribution in [3.05, 3.63) is 34.9 Å². The van der Waals surface area contributed by atoms with Crippen LogP contribution in [0.25, 0.3) is 0 Å². The number of terminal acetylenes is 1. The maximum atomic E-state index is 5.52. The highest BCUT2D eigenvalue weighted by Crippen LogP contribution is 2.16. The van der Waals surface area contributed by atoms with Crippen LogP contribution in [-0.4, -0.2) is 6.54 Å². The van der Waals surface area contributed by atoms with Crippen LogP contribution in [0.2, 0.25) is 0 Å². The molecule has 0 heterocycles. The van der Waals surface area contributed by atoms with Gasteiger partial charge in [0.05, 0.1) is 6.04 Å². The van der Waals surface area contributed by atoms with Crippen LogP contribution in [0.1, 0.15) is 36.1 Å². The van der Waals surface area contributed by atoms with E-state index in [1.165, 1.54) is 16.7 Å². The summed E-state index contributed by atoms with van der Waals surface area (Å²) in [5.74, 6) is 2.79. The molecule has 0 saturated carbocycles. The normalized spacial score (nSPS) is 12.1. The lowest BCUT2D eigenvalue weighted by molar-refractivity contribution is 0.626. The standard InChI is InChI=1S/C14H19N/c1-5-9-15-14(6-2)13-8-7-11(3)12(4)10-13/h2,7-8,10,14-15H,5,9H2,1,3-4H3. The Balaban J connectivity index is 2.84. The van der Waals surface area contributed by atoms with Crippen molar-refractivity contribution < 1.29 is 0 Å². The van der Waals surface area contributed by atoms with Gasteiger partial charge < -0.3 is 5.32 Å². The average Bonchev–Trinajstić information content (AvgIpc) is 2.24. The topological polar surface area (TPSA) is 12.0 Å². The third-order valence-electron chi connectivity index (χ3n) is 2.63. The van der Waals surface area contributed by atoms with Crippen molar-refractivity contribution in [3.8, 4) is 12.3 Å². The Bertz CT molecular complexity index is 360. The van der Waals surface area contributed by atoms with Crippen molar-refractivity contribution in [1.82, 2.24) is 5.32 Å². The molecule has 0 saturated heterocycles. The molecular weight excluding hydrogens is 182 g/mol. The Labute approximate surface area is 92.9 Å². The predicted octanol–water partition coefficient (Wildman–Crippen LogP) is 2.98. The van der Waals surface area contributed by atoms with Crippen LogP contribution < -0.4 is 5.32 Å². The van der Waals surface area contributed by atoms with Gasteiger partial charge in [0.25, 0.3) is 0 Å². The third kappa shape index (κ3) is 3.11. The highest BCUT2D eigenvalue weighted by Gasteiger charge is 2.07. The molecule has 1 aromatic carbocycles. The zero-order valence-corrected chi connectivity index (χ0v) is 9.80. The maximum absolute atomic E-state index is 5.52. The first kappa shape index (κ1) is 11.8. The van der Waals surface area contributed by atoms with Gasteiger partial charge in [-0.25, -0.2) is 0 Å². The van der Waals surface area contributed by atoms with Gasteiger partial charge in [-0.05, 0) is 43.5 Å². The van der Waals surface area contributed by atoms with Gasteiger partial charge in [-0.15, -0.1) is 6.42 Å². The van der Waals surface area contributed by atoms with E-state index in [-0.39, 0.29) is 6.04 Å². The van der Waals surface area contributed by atoms with Crippen molar-refractivity contribution in [2.45, 2.75) is 33.2 Å². The Morgan fingerprint density at radius 2 is 2.07 bits per heavy atom. The molecule has 1 aromatic rings. The van der Waals surface area contributed by atoms with Gasteiger partial charge in [0, 0.05) is 0 Å². The first-order chi connectivity index (χ1) is 7.19. The largest absolute Gasteiger partial charge is 0.300 e. The minimum atomic E-state index is 0.0456. The van der Waals surface area contributed by atoms with Crippen molar-refractivity contribution in [3.63, 3.8) is 0 Å². The molecule has 80 valence electrons. The van der Waals surface area contributed by atoms with Crippen LogP contribution in [0.4, 0.5) is 0 Å².